The maximum absolute atomic E-state index is 11.1. The normalized spacial score (nSPS) is 11.5. The number of carbonyl (C=O) groups is 1. The van der Waals surface area contributed by atoms with E-state index in [1.807, 2.05) is 36.4 Å². The molecule has 3 heteroatoms. The summed E-state index contributed by atoms with van der Waals surface area (Å²) in [5.74, 6) is 0.149. The molecule has 0 bridgehead atoms. The fraction of sp³-hybridized carbons (Fsp3) is 0.167. The third kappa shape index (κ3) is 4.21. The molecule has 21 heavy (non-hydrogen) atoms. The lowest BCUT2D eigenvalue weighted by molar-refractivity contribution is -0.154. The molecule has 1 atom stereocenters. The van der Waals surface area contributed by atoms with Crippen LogP contribution in [-0.2, 0) is 9.53 Å². The molecule has 1 unspecified atom stereocenters. The summed E-state index contributed by atoms with van der Waals surface area (Å²) in [4.78, 5) is 11.1. The van der Waals surface area contributed by atoms with E-state index in [0.29, 0.717) is 5.75 Å². The van der Waals surface area contributed by atoms with Crippen LogP contribution in [0.2, 0.25) is 0 Å². The summed E-state index contributed by atoms with van der Waals surface area (Å²) in [5.41, 5.74) is 3.38. The molecule has 3 nitrogen and oxygen atoms in total. The molecule has 2 rings (SSSR count). The first-order chi connectivity index (χ1) is 10.1. The molecule has 0 amide bonds. The van der Waals surface area contributed by atoms with Gasteiger partial charge in [0.2, 0.25) is 6.29 Å². The molecule has 0 radical (unpaired) electrons. The zero-order valence-electron chi connectivity index (χ0n) is 12.2. The van der Waals surface area contributed by atoms with Crippen molar-refractivity contribution in [1.82, 2.24) is 0 Å². The number of rotatable bonds is 5. The molecular formula is C18H18O3. The Balaban J connectivity index is 2.14. The van der Waals surface area contributed by atoms with E-state index in [2.05, 4.69) is 25.6 Å². The van der Waals surface area contributed by atoms with Gasteiger partial charge in [0, 0.05) is 13.0 Å². The highest BCUT2D eigenvalue weighted by Crippen LogP contribution is 2.25. The quantitative estimate of drug-likeness (QED) is 0.470. The SMILES string of the molecule is C=CC(=O)OC(C)Oc1cccc(-c2cccc(C)c2)c1. The van der Waals surface area contributed by atoms with Crippen LogP contribution in [0.1, 0.15) is 12.5 Å². The number of ether oxygens (including phenoxy) is 2. The first-order valence-electron chi connectivity index (χ1n) is 6.75. The van der Waals surface area contributed by atoms with E-state index < -0.39 is 12.3 Å². The Kier molecular flexibility index (Phi) is 4.77. The van der Waals surface area contributed by atoms with Gasteiger partial charge in [-0.1, -0.05) is 48.5 Å². The molecule has 2 aromatic rings. The Labute approximate surface area is 124 Å². The van der Waals surface area contributed by atoms with Crippen molar-refractivity contribution in [2.24, 2.45) is 0 Å². The molecule has 0 N–H and O–H groups in total. The van der Waals surface area contributed by atoms with Gasteiger partial charge in [0.15, 0.2) is 0 Å². The fourth-order valence-corrected chi connectivity index (χ4v) is 2.00. The van der Waals surface area contributed by atoms with Crippen LogP contribution in [-0.4, -0.2) is 12.3 Å². The first-order valence-corrected chi connectivity index (χ1v) is 6.75. The summed E-state index contributed by atoms with van der Waals surface area (Å²) in [6.45, 7) is 7.08. The minimum atomic E-state index is -0.664. The van der Waals surface area contributed by atoms with Crippen molar-refractivity contribution in [3.8, 4) is 16.9 Å². The van der Waals surface area contributed by atoms with Crippen LogP contribution >= 0.6 is 0 Å². The van der Waals surface area contributed by atoms with Crippen LogP contribution in [0.5, 0.6) is 5.75 Å². The standard InChI is InChI=1S/C18H18O3/c1-4-18(19)21-14(3)20-17-10-6-9-16(12-17)15-8-5-7-13(2)11-15/h4-12,14H,1H2,2-3H3. The van der Waals surface area contributed by atoms with Crippen molar-refractivity contribution in [2.75, 3.05) is 0 Å². The zero-order valence-corrected chi connectivity index (χ0v) is 12.2. The molecule has 0 spiro atoms. The average Bonchev–Trinajstić information content (AvgIpc) is 2.47. The molecule has 0 aliphatic carbocycles. The van der Waals surface area contributed by atoms with Gasteiger partial charge in [-0.25, -0.2) is 4.79 Å². The maximum atomic E-state index is 11.1. The van der Waals surface area contributed by atoms with Gasteiger partial charge in [0.25, 0.3) is 0 Å². The van der Waals surface area contributed by atoms with Gasteiger partial charge < -0.3 is 9.47 Å². The molecule has 0 saturated heterocycles. The van der Waals surface area contributed by atoms with Crippen molar-refractivity contribution < 1.29 is 14.3 Å². The van der Waals surface area contributed by atoms with Crippen LogP contribution in [0, 0.1) is 6.92 Å². The summed E-state index contributed by atoms with van der Waals surface area (Å²) >= 11 is 0. The second-order valence-corrected chi connectivity index (χ2v) is 4.72. The second kappa shape index (κ2) is 6.75. The van der Waals surface area contributed by atoms with Gasteiger partial charge in [-0.3, -0.25) is 0 Å². The van der Waals surface area contributed by atoms with Crippen LogP contribution in [0.4, 0.5) is 0 Å². The zero-order chi connectivity index (χ0) is 15.2. The minimum Gasteiger partial charge on any atom is -0.455 e. The van der Waals surface area contributed by atoms with Crippen molar-refractivity contribution in [3.05, 3.63) is 66.7 Å². The fourth-order valence-electron chi connectivity index (χ4n) is 2.00. The van der Waals surface area contributed by atoms with Gasteiger partial charge in [-0.2, -0.15) is 0 Å². The third-order valence-corrected chi connectivity index (χ3v) is 2.94. The number of carbonyl (C=O) groups excluding carboxylic acids is 1. The van der Waals surface area contributed by atoms with Crippen LogP contribution in [0.15, 0.2) is 61.2 Å². The predicted molar refractivity (Wildman–Crippen MR) is 83.0 cm³/mol. The molecular weight excluding hydrogens is 264 g/mol. The Morgan fingerprint density at radius 2 is 1.81 bits per heavy atom. The molecule has 108 valence electrons. The lowest BCUT2D eigenvalue weighted by atomic mass is 10.0. The minimum absolute atomic E-state index is 0.502. The van der Waals surface area contributed by atoms with E-state index in [0.717, 1.165) is 17.2 Å². The predicted octanol–water partition coefficient (Wildman–Crippen LogP) is 4.12. The van der Waals surface area contributed by atoms with Crippen molar-refractivity contribution in [3.63, 3.8) is 0 Å². The highest BCUT2D eigenvalue weighted by atomic mass is 16.7. The number of hydrogen-bond acceptors (Lipinski definition) is 3. The van der Waals surface area contributed by atoms with Crippen LogP contribution in [0.25, 0.3) is 11.1 Å². The molecule has 0 saturated carbocycles. The Morgan fingerprint density at radius 3 is 2.48 bits per heavy atom. The number of hydrogen-bond donors (Lipinski definition) is 0. The molecule has 0 aliphatic heterocycles. The molecule has 0 heterocycles. The third-order valence-electron chi connectivity index (χ3n) is 2.94. The van der Waals surface area contributed by atoms with Crippen LogP contribution in [0.3, 0.4) is 0 Å². The summed E-state index contributed by atoms with van der Waals surface area (Å²) in [6.07, 6.45) is 0.450. The van der Waals surface area contributed by atoms with Gasteiger partial charge in [0.05, 0.1) is 0 Å². The van der Waals surface area contributed by atoms with E-state index >= 15 is 0 Å². The summed E-state index contributed by atoms with van der Waals surface area (Å²) in [7, 11) is 0. The monoisotopic (exact) mass is 282 g/mol. The lowest BCUT2D eigenvalue weighted by Crippen LogP contribution is -2.19. The van der Waals surface area contributed by atoms with Gasteiger partial charge >= 0.3 is 5.97 Å². The van der Waals surface area contributed by atoms with Gasteiger partial charge in [-0.15, -0.1) is 0 Å². The summed E-state index contributed by atoms with van der Waals surface area (Å²) < 4.78 is 10.6. The van der Waals surface area contributed by atoms with E-state index in [-0.39, 0.29) is 0 Å². The number of aryl methyl sites for hydroxylation is 1. The van der Waals surface area contributed by atoms with Crippen LogP contribution < -0.4 is 4.74 Å². The van der Waals surface area contributed by atoms with Gasteiger partial charge in [-0.05, 0) is 30.2 Å². The molecule has 2 aromatic carbocycles. The smallest absolute Gasteiger partial charge is 0.333 e. The second-order valence-electron chi connectivity index (χ2n) is 4.72. The van der Waals surface area contributed by atoms with Crippen molar-refractivity contribution in [2.45, 2.75) is 20.1 Å². The summed E-state index contributed by atoms with van der Waals surface area (Å²) in [6, 6.07) is 15.9. The molecule has 0 aliphatic rings. The molecule has 0 aromatic heterocycles. The number of esters is 1. The maximum Gasteiger partial charge on any atom is 0.333 e. The van der Waals surface area contributed by atoms with E-state index in [9.17, 15) is 4.79 Å². The Morgan fingerprint density at radius 1 is 1.14 bits per heavy atom. The molecule has 0 fully saturated rings. The number of benzene rings is 2. The highest BCUT2D eigenvalue weighted by Gasteiger charge is 2.08. The Bertz CT molecular complexity index is 646. The average molecular weight is 282 g/mol. The van der Waals surface area contributed by atoms with E-state index in [1.54, 1.807) is 6.92 Å². The highest BCUT2D eigenvalue weighted by molar-refractivity contribution is 5.81. The largest absolute Gasteiger partial charge is 0.455 e. The van der Waals surface area contributed by atoms with E-state index in [1.165, 1.54) is 5.56 Å². The lowest BCUT2D eigenvalue weighted by Gasteiger charge is -2.15. The first kappa shape index (κ1) is 14.9. The van der Waals surface area contributed by atoms with Crippen molar-refractivity contribution >= 4 is 5.97 Å². The van der Waals surface area contributed by atoms with Crippen molar-refractivity contribution in [1.29, 1.82) is 0 Å². The summed E-state index contributed by atoms with van der Waals surface area (Å²) in [5, 5.41) is 0. The Hall–Kier alpha value is -2.55. The topological polar surface area (TPSA) is 35.5 Å². The van der Waals surface area contributed by atoms with Gasteiger partial charge in [0.1, 0.15) is 5.75 Å². The van der Waals surface area contributed by atoms with E-state index in [4.69, 9.17) is 9.47 Å².